The van der Waals surface area contributed by atoms with Crippen LogP contribution in [0.25, 0.3) is 0 Å². The topological polar surface area (TPSA) is 35.6 Å². The second-order valence-corrected chi connectivity index (χ2v) is 5.06. The zero-order chi connectivity index (χ0) is 13.8. The Bertz CT molecular complexity index is 444. The Hall–Kier alpha value is -1.62. The van der Waals surface area contributed by atoms with Crippen LogP contribution in [0, 0.1) is 5.82 Å². The highest BCUT2D eigenvalue weighted by atomic mass is 19.1. The second kappa shape index (κ2) is 6.02. The number of hydrogen-bond donors (Lipinski definition) is 1. The summed E-state index contributed by atoms with van der Waals surface area (Å²) in [6, 6.07) is 6.18. The highest BCUT2D eigenvalue weighted by molar-refractivity contribution is 5.89. The lowest BCUT2D eigenvalue weighted by Crippen LogP contribution is -2.46. The van der Waals surface area contributed by atoms with Crippen molar-refractivity contribution in [2.24, 2.45) is 0 Å². The number of rotatable bonds is 2. The summed E-state index contributed by atoms with van der Waals surface area (Å²) in [5, 5.41) is 2.62. The van der Waals surface area contributed by atoms with Gasteiger partial charge >= 0.3 is 6.03 Å². The number of para-hydroxylation sites is 1. The molecule has 0 unspecified atom stereocenters. The first-order valence-electron chi connectivity index (χ1n) is 6.55. The molecule has 5 heteroatoms. The molecule has 4 nitrogen and oxygen atoms in total. The van der Waals surface area contributed by atoms with Crippen molar-refractivity contribution in [2.75, 3.05) is 32.5 Å². The summed E-state index contributed by atoms with van der Waals surface area (Å²) in [5.41, 5.74) is 0.229. The largest absolute Gasteiger partial charge is 0.325 e. The van der Waals surface area contributed by atoms with Gasteiger partial charge in [-0.1, -0.05) is 12.1 Å². The number of nitrogens with one attached hydrogen (secondary N) is 1. The Morgan fingerprint density at radius 2 is 2.00 bits per heavy atom. The van der Waals surface area contributed by atoms with Crippen LogP contribution in [-0.4, -0.2) is 49.1 Å². The molecule has 1 aliphatic heterocycles. The smallest absolute Gasteiger partial charge is 0.321 e. The van der Waals surface area contributed by atoms with E-state index in [1.165, 1.54) is 6.07 Å². The molecule has 0 aliphatic carbocycles. The zero-order valence-corrected chi connectivity index (χ0v) is 11.4. The van der Waals surface area contributed by atoms with Crippen LogP contribution in [0.2, 0.25) is 0 Å². The van der Waals surface area contributed by atoms with Crippen molar-refractivity contribution in [3.05, 3.63) is 30.1 Å². The maximum atomic E-state index is 13.5. The summed E-state index contributed by atoms with van der Waals surface area (Å²) in [6.07, 6.45) is 1.91. The standard InChI is InChI=1S/C14H20FN3O/c1-17-9-7-11(8-10-17)18(2)14(19)16-13-6-4-3-5-12(13)15/h3-6,11H,7-10H2,1-2H3,(H,16,19). The van der Waals surface area contributed by atoms with E-state index in [0.717, 1.165) is 25.9 Å². The molecular weight excluding hydrogens is 245 g/mol. The third-order valence-electron chi connectivity index (χ3n) is 3.67. The number of nitrogens with zero attached hydrogens (tertiary/aromatic N) is 2. The molecule has 0 spiro atoms. The number of halogens is 1. The molecule has 1 aromatic rings. The van der Waals surface area contributed by atoms with E-state index >= 15 is 0 Å². The summed E-state index contributed by atoms with van der Waals surface area (Å²) in [6.45, 7) is 1.98. The third kappa shape index (κ3) is 3.44. The lowest BCUT2D eigenvalue weighted by atomic mass is 10.0. The predicted octanol–water partition coefficient (Wildman–Crippen LogP) is 2.38. The predicted molar refractivity (Wildman–Crippen MR) is 73.7 cm³/mol. The molecular formula is C14H20FN3O. The van der Waals surface area contributed by atoms with Crippen molar-refractivity contribution in [2.45, 2.75) is 18.9 Å². The van der Waals surface area contributed by atoms with Gasteiger partial charge in [-0.2, -0.15) is 0 Å². The summed E-state index contributed by atoms with van der Waals surface area (Å²) in [4.78, 5) is 16.0. The van der Waals surface area contributed by atoms with Crippen LogP contribution in [0.1, 0.15) is 12.8 Å². The minimum Gasteiger partial charge on any atom is -0.325 e. The first-order chi connectivity index (χ1) is 9.08. The van der Waals surface area contributed by atoms with E-state index < -0.39 is 5.82 Å². The molecule has 0 saturated carbocycles. The molecule has 1 fully saturated rings. The minimum absolute atomic E-state index is 0.225. The van der Waals surface area contributed by atoms with E-state index in [1.54, 1.807) is 30.1 Å². The highest BCUT2D eigenvalue weighted by Gasteiger charge is 2.24. The van der Waals surface area contributed by atoms with Gasteiger partial charge in [0.25, 0.3) is 0 Å². The molecule has 0 radical (unpaired) electrons. The number of anilines is 1. The molecule has 1 saturated heterocycles. The molecule has 19 heavy (non-hydrogen) atoms. The number of piperidine rings is 1. The SMILES string of the molecule is CN1CCC(N(C)C(=O)Nc2ccccc2F)CC1. The average Bonchev–Trinajstić information content (AvgIpc) is 2.41. The maximum absolute atomic E-state index is 13.5. The highest BCUT2D eigenvalue weighted by Crippen LogP contribution is 2.17. The Morgan fingerprint density at radius 1 is 1.37 bits per heavy atom. The Morgan fingerprint density at radius 3 is 2.63 bits per heavy atom. The Balaban J connectivity index is 1.94. The number of carbonyl (C=O) groups is 1. The number of likely N-dealkylation sites (tertiary alicyclic amines) is 1. The van der Waals surface area contributed by atoms with Crippen LogP contribution in [0.3, 0.4) is 0 Å². The van der Waals surface area contributed by atoms with E-state index in [1.807, 2.05) is 0 Å². The van der Waals surface area contributed by atoms with Gasteiger partial charge in [0.15, 0.2) is 0 Å². The van der Waals surface area contributed by atoms with Crippen molar-refractivity contribution in [3.63, 3.8) is 0 Å². The summed E-state index contributed by atoms with van der Waals surface area (Å²) >= 11 is 0. The van der Waals surface area contributed by atoms with Crippen molar-refractivity contribution in [1.29, 1.82) is 0 Å². The van der Waals surface area contributed by atoms with Crippen molar-refractivity contribution < 1.29 is 9.18 Å². The molecule has 0 aromatic heterocycles. The van der Waals surface area contributed by atoms with Gasteiger partial charge in [-0.3, -0.25) is 0 Å². The summed E-state index contributed by atoms with van der Waals surface area (Å²) in [5.74, 6) is -0.410. The number of hydrogen-bond acceptors (Lipinski definition) is 2. The molecule has 2 rings (SSSR count). The van der Waals surface area contributed by atoms with E-state index in [2.05, 4.69) is 17.3 Å². The normalized spacial score (nSPS) is 17.2. The van der Waals surface area contributed by atoms with Gasteiger partial charge in [-0.15, -0.1) is 0 Å². The summed E-state index contributed by atoms with van der Waals surface area (Å²) in [7, 11) is 3.85. The van der Waals surface area contributed by atoms with Gasteiger partial charge in [0.05, 0.1) is 5.69 Å². The number of urea groups is 1. The van der Waals surface area contributed by atoms with E-state index in [-0.39, 0.29) is 17.8 Å². The number of amides is 2. The molecule has 0 bridgehead atoms. The van der Waals surface area contributed by atoms with Gasteiger partial charge in [-0.25, -0.2) is 9.18 Å². The van der Waals surface area contributed by atoms with Gasteiger partial charge < -0.3 is 15.1 Å². The molecule has 2 amide bonds. The fourth-order valence-corrected chi connectivity index (χ4v) is 2.31. The molecule has 1 heterocycles. The minimum atomic E-state index is -0.410. The van der Waals surface area contributed by atoms with Crippen molar-refractivity contribution in [3.8, 4) is 0 Å². The van der Waals surface area contributed by atoms with Gasteiger partial charge in [0, 0.05) is 13.1 Å². The van der Waals surface area contributed by atoms with Crippen LogP contribution < -0.4 is 5.32 Å². The van der Waals surface area contributed by atoms with Gasteiger partial charge in [0.1, 0.15) is 5.82 Å². The molecule has 1 N–H and O–H groups in total. The van der Waals surface area contributed by atoms with Gasteiger partial charge in [-0.05, 0) is 45.1 Å². The average molecular weight is 265 g/mol. The fourth-order valence-electron chi connectivity index (χ4n) is 2.31. The van der Waals surface area contributed by atoms with E-state index in [4.69, 9.17) is 0 Å². The van der Waals surface area contributed by atoms with E-state index in [0.29, 0.717) is 0 Å². The summed E-state index contributed by atoms with van der Waals surface area (Å²) < 4.78 is 13.5. The first kappa shape index (κ1) is 13.8. The number of carbonyl (C=O) groups excluding carboxylic acids is 1. The Kier molecular flexibility index (Phi) is 4.37. The Labute approximate surface area is 113 Å². The zero-order valence-electron chi connectivity index (χ0n) is 11.4. The molecule has 0 atom stereocenters. The maximum Gasteiger partial charge on any atom is 0.321 e. The lowest BCUT2D eigenvalue weighted by Gasteiger charge is -2.35. The third-order valence-corrected chi connectivity index (χ3v) is 3.67. The van der Waals surface area contributed by atoms with Crippen LogP contribution in [-0.2, 0) is 0 Å². The number of benzene rings is 1. The molecule has 1 aromatic carbocycles. The van der Waals surface area contributed by atoms with Crippen molar-refractivity contribution >= 4 is 11.7 Å². The van der Waals surface area contributed by atoms with Crippen LogP contribution in [0.15, 0.2) is 24.3 Å². The molecule has 1 aliphatic rings. The quantitative estimate of drug-likeness (QED) is 0.891. The van der Waals surface area contributed by atoms with Crippen LogP contribution >= 0.6 is 0 Å². The second-order valence-electron chi connectivity index (χ2n) is 5.06. The van der Waals surface area contributed by atoms with E-state index in [9.17, 15) is 9.18 Å². The molecule has 104 valence electrons. The lowest BCUT2D eigenvalue weighted by molar-refractivity contribution is 0.156. The van der Waals surface area contributed by atoms with Gasteiger partial charge in [0.2, 0.25) is 0 Å². The van der Waals surface area contributed by atoms with Crippen LogP contribution in [0.4, 0.5) is 14.9 Å². The monoisotopic (exact) mass is 265 g/mol. The van der Waals surface area contributed by atoms with Crippen LogP contribution in [0.5, 0.6) is 0 Å². The first-order valence-corrected chi connectivity index (χ1v) is 6.55. The fraction of sp³-hybridized carbons (Fsp3) is 0.500. The van der Waals surface area contributed by atoms with Crippen molar-refractivity contribution in [1.82, 2.24) is 9.80 Å².